The van der Waals surface area contributed by atoms with Gasteiger partial charge in [-0.15, -0.1) is 0 Å². The first-order chi connectivity index (χ1) is 16.8. The molecule has 192 valence electrons. The number of likely N-dealkylation sites (tertiary alicyclic amines) is 1. The summed E-state index contributed by atoms with van der Waals surface area (Å²) < 4.78 is 68.6. The first-order valence-electron chi connectivity index (χ1n) is 10.9. The van der Waals surface area contributed by atoms with Gasteiger partial charge >= 0.3 is 6.18 Å². The highest BCUT2D eigenvalue weighted by Crippen LogP contribution is 2.48. The number of benzene rings is 1. The Labute approximate surface area is 209 Å². The summed E-state index contributed by atoms with van der Waals surface area (Å²) in [5.41, 5.74) is -2.36. The smallest absolute Gasteiger partial charge is 0.422 e. The van der Waals surface area contributed by atoms with Crippen molar-refractivity contribution in [3.8, 4) is 17.9 Å². The van der Waals surface area contributed by atoms with E-state index in [1.165, 1.54) is 0 Å². The lowest BCUT2D eigenvalue weighted by atomic mass is 10.1. The van der Waals surface area contributed by atoms with Crippen LogP contribution in [0.1, 0.15) is 32.1 Å². The average Bonchev–Trinajstić information content (AvgIpc) is 3.73. The van der Waals surface area contributed by atoms with Crippen LogP contribution in [-0.2, 0) is 19.4 Å². The molecule has 3 fully saturated rings. The van der Waals surface area contributed by atoms with Crippen LogP contribution in [0.2, 0.25) is 5.02 Å². The molecule has 1 N–H and O–H groups in total. The van der Waals surface area contributed by atoms with Gasteiger partial charge in [0, 0.05) is 12.6 Å². The van der Waals surface area contributed by atoms with Gasteiger partial charge < -0.3 is 15.0 Å². The molecule has 9 nitrogen and oxygen atoms in total. The summed E-state index contributed by atoms with van der Waals surface area (Å²) in [5.74, 6) is -1.62. The van der Waals surface area contributed by atoms with Crippen molar-refractivity contribution in [3.63, 3.8) is 0 Å². The van der Waals surface area contributed by atoms with Crippen LogP contribution in [0.15, 0.2) is 23.1 Å². The third-order valence-corrected chi connectivity index (χ3v) is 9.19. The first kappa shape index (κ1) is 26.0. The van der Waals surface area contributed by atoms with Gasteiger partial charge in [0.25, 0.3) is 0 Å². The molecular formula is C22H20ClF3N4O5S. The molecule has 2 amide bonds. The summed E-state index contributed by atoms with van der Waals surface area (Å²) in [6, 6.07) is 5.71. The molecule has 0 bridgehead atoms. The Bertz CT molecular complexity index is 1300. The summed E-state index contributed by atoms with van der Waals surface area (Å²) in [6.07, 6.45) is -3.46. The molecule has 1 saturated heterocycles. The second-order valence-corrected chi connectivity index (χ2v) is 11.9. The van der Waals surface area contributed by atoms with Gasteiger partial charge in [0.1, 0.15) is 22.7 Å². The van der Waals surface area contributed by atoms with E-state index in [0.717, 1.165) is 23.1 Å². The molecular weight excluding hydrogens is 525 g/mol. The Hall–Kier alpha value is -3.03. The van der Waals surface area contributed by atoms with Crippen LogP contribution in [0.5, 0.6) is 5.75 Å². The number of carbonyl (C=O) groups is 2. The van der Waals surface area contributed by atoms with Crippen LogP contribution in [0, 0.1) is 28.1 Å². The van der Waals surface area contributed by atoms with E-state index in [4.69, 9.17) is 11.6 Å². The van der Waals surface area contributed by atoms with Crippen molar-refractivity contribution in [1.29, 1.82) is 10.5 Å². The average molecular weight is 545 g/mol. The van der Waals surface area contributed by atoms with Gasteiger partial charge in [-0.2, -0.15) is 23.7 Å². The number of ether oxygens (including phenoxy) is 1. The maximum absolute atomic E-state index is 13.4. The van der Waals surface area contributed by atoms with Crippen LogP contribution < -0.4 is 10.1 Å². The molecule has 1 aromatic rings. The van der Waals surface area contributed by atoms with Gasteiger partial charge in [0.2, 0.25) is 11.8 Å². The number of nitrogens with zero attached hydrogens (tertiary/aromatic N) is 3. The van der Waals surface area contributed by atoms with E-state index in [-0.39, 0.29) is 41.5 Å². The molecule has 0 unspecified atom stereocenters. The molecule has 2 aliphatic carbocycles. The third kappa shape index (κ3) is 4.95. The molecule has 0 spiro atoms. The molecule has 1 aliphatic heterocycles. The topological polar surface area (TPSA) is 140 Å². The van der Waals surface area contributed by atoms with Crippen LogP contribution in [0.3, 0.4) is 0 Å². The molecule has 36 heavy (non-hydrogen) atoms. The Morgan fingerprint density at radius 2 is 1.86 bits per heavy atom. The number of amides is 2. The van der Waals surface area contributed by atoms with E-state index in [9.17, 15) is 41.7 Å². The molecule has 1 aromatic carbocycles. The predicted octanol–water partition coefficient (Wildman–Crippen LogP) is 2.50. The van der Waals surface area contributed by atoms with Crippen molar-refractivity contribution >= 4 is 33.3 Å². The second kappa shape index (κ2) is 8.82. The molecule has 4 rings (SSSR count). The van der Waals surface area contributed by atoms with Crippen LogP contribution in [0.25, 0.3) is 0 Å². The normalized spacial score (nSPS) is 23.8. The largest absolute Gasteiger partial charge is 0.484 e. The minimum atomic E-state index is -4.60. The highest BCUT2D eigenvalue weighted by Gasteiger charge is 2.58. The monoisotopic (exact) mass is 544 g/mol. The zero-order chi connectivity index (χ0) is 26.5. The quantitative estimate of drug-likeness (QED) is 0.556. The maximum atomic E-state index is 13.4. The summed E-state index contributed by atoms with van der Waals surface area (Å²) in [7, 11) is -4.26. The number of sulfone groups is 1. The molecule has 2 atom stereocenters. The van der Waals surface area contributed by atoms with E-state index in [1.807, 2.05) is 12.1 Å². The van der Waals surface area contributed by atoms with Gasteiger partial charge in [-0.05, 0) is 44.2 Å². The number of rotatable bonds is 7. The number of nitriles is 2. The molecule has 0 aromatic heterocycles. The molecule has 0 radical (unpaired) electrons. The van der Waals surface area contributed by atoms with Crippen molar-refractivity contribution in [3.05, 3.63) is 23.2 Å². The Balaban J connectivity index is 1.59. The van der Waals surface area contributed by atoms with Crippen molar-refractivity contribution < 1.29 is 35.9 Å². The first-order valence-corrected chi connectivity index (χ1v) is 12.9. The summed E-state index contributed by atoms with van der Waals surface area (Å²) >= 11 is 6.08. The van der Waals surface area contributed by atoms with Crippen LogP contribution in [0.4, 0.5) is 13.2 Å². The highest BCUT2D eigenvalue weighted by atomic mass is 35.5. The van der Waals surface area contributed by atoms with Gasteiger partial charge in [0.15, 0.2) is 16.4 Å². The maximum Gasteiger partial charge on any atom is 0.422 e. The van der Waals surface area contributed by atoms with Crippen LogP contribution >= 0.6 is 11.6 Å². The Morgan fingerprint density at radius 1 is 1.19 bits per heavy atom. The van der Waals surface area contributed by atoms with Crippen molar-refractivity contribution in [1.82, 2.24) is 10.2 Å². The zero-order valence-corrected chi connectivity index (χ0v) is 20.2. The minimum Gasteiger partial charge on any atom is -0.484 e. The second-order valence-electron chi connectivity index (χ2n) is 9.25. The van der Waals surface area contributed by atoms with Crippen LogP contribution in [-0.4, -0.2) is 61.3 Å². The summed E-state index contributed by atoms with van der Waals surface area (Å²) in [5, 5.41) is 19.7. The van der Waals surface area contributed by atoms with E-state index in [1.54, 1.807) is 0 Å². The van der Waals surface area contributed by atoms with Crippen molar-refractivity contribution in [2.45, 2.75) is 60.0 Å². The lowest BCUT2D eigenvalue weighted by Crippen LogP contribution is -2.51. The minimum absolute atomic E-state index is 0.285. The lowest BCUT2D eigenvalue weighted by molar-refractivity contribution is -0.153. The third-order valence-electron chi connectivity index (χ3n) is 6.58. The lowest BCUT2D eigenvalue weighted by Gasteiger charge is -2.26. The van der Waals surface area contributed by atoms with Gasteiger partial charge in [0.05, 0.1) is 27.3 Å². The number of nitrogens with one attached hydrogen (secondary N) is 1. The molecule has 1 heterocycles. The van der Waals surface area contributed by atoms with Gasteiger partial charge in [-0.25, -0.2) is 8.42 Å². The summed E-state index contributed by atoms with van der Waals surface area (Å²) in [4.78, 5) is 26.8. The molecule has 3 aliphatic rings. The van der Waals surface area contributed by atoms with E-state index in [2.05, 4.69) is 10.1 Å². The standard InChI is InChI=1S/C22H20ClF3N4O5S/c23-15-7-13(35-12-22(24,25)26)1-2-17(15)36(33,34)14-8-16(18(31)29-21(11-28)5-6-21)30(9-14)19(32)20(10-27)3-4-20/h1-2,7,14,16H,3-6,8-9,12H2,(H,29,31)/t14-,16+/m1/s1. The Kier molecular flexibility index (Phi) is 6.38. The van der Waals surface area contributed by atoms with E-state index in [0.29, 0.717) is 12.8 Å². The number of alkyl halides is 3. The SMILES string of the molecule is N#CC1(NC(=O)[C@@H]2C[C@@H](S(=O)(=O)c3ccc(OCC(F)(F)F)cc3Cl)CN2C(=O)C2(C#N)CC2)CC1. The number of halogens is 4. The number of carbonyl (C=O) groups excluding carboxylic acids is 2. The van der Waals surface area contributed by atoms with Gasteiger partial charge in [-0.3, -0.25) is 9.59 Å². The zero-order valence-electron chi connectivity index (χ0n) is 18.6. The van der Waals surface area contributed by atoms with Gasteiger partial charge in [-0.1, -0.05) is 11.6 Å². The number of hydrogen-bond acceptors (Lipinski definition) is 7. The number of hydrogen-bond donors (Lipinski definition) is 1. The van der Waals surface area contributed by atoms with E-state index < -0.39 is 56.7 Å². The molecule has 2 saturated carbocycles. The Morgan fingerprint density at radius 3 is 2.36 bits per heavy atom. The fourth-order valence-corrected chi connectivity index (χ4v) is 6.36. The predicted molar refractivity (Wildman–Crippen MR) is 117 cm³/mol. The van der Waals surface area contributed by atoms with E-state index >= 15 is 0 Å². The summed E-state index contributed by atoms with van der Waals surface area (Å²) in [6.45, 7) is -1.97. The van der Waals surface area contributed by atoms with Crippen molar-refractivity contribution in [2.24, 2.45) is 5.41 Å². The highest BCUT2D eigenvalue weighted by molar-refractivity contribution is 7.92. The fourth-order valence-electron chi connectivity index (χ4n) is 4.12. The van der Waals surface area contributed by atoms with Crippen molar-refractivity contribution in [2.75, 3.05) is 13.2 Å². The fraction of sp³-hybridized carbons (Fsp3) is 0.545. The molecule has 14 heteroatoms.